The maximum absolute atomic E-state index is 11.4. The van der Waals surface area contributed by atoms with Crippen LogP contribution in [0.5, 0.6) is 0 Å². The van der Waals surface area contributed by atoms with Crippen LogP contribution in [0.1, 0.15) is 16.7 Å². The highest BCUT2D eigenvalue weighted by Crippen LogP contribution is 2.29. The van der Waals surface area contributed by atoms with E-state index in [4.69, 9.17) is 4.74 Å². The molecule has 90 valence electrons. The van der Waals surface area contributed by atoms with Gasteiger partial charge in [0.2, 0.25) is 5.01 Å². The van der Waals surface area contributed by atoms with E-state index in [1.165, 1.54) is 23.1 Å². The van der Waals surface area contributed by atoms with Gasteiger partial charge in [-0.2, -0.15) is 5.10 Å². The molecule has 0 spiro atoms. The molecule has 0 radical (unpaired) electrons. The Hall–Kier alpha value is -1.41. The number of hydrogen-bond donors (Lipinski definition) is 0. The Labute approximate surface area is 106 Å². The number of carbonyl (C=O) groups excluding carboxylic acids is 1. The standard InChI is InChI=1S/C9H10N4O2S2/c1-3-15-8(14)7-11-12-9(17-7)16-6-4-10-13(2)5-6/h4-5H,3H2,1-2H3. The van der Waals surface area contributed by atoms with Gasteiger partial charge in [0.15, 0.2) is 4.34 Å². The number of rotatable bonds is 4. The fraction of sp³-hybridized carbons (Fsp3) is 0.333. The number of hydrogen-bond acceptors (Lipinski definition) is 7. The molecule has 0 fully saturated rings. The number of ether oxygens (including phenoxy) is 1. The monoisotopic (exact) mass is 270 g/mol. The van der Waals surface area contributed by atoms with Gasteiger partial charge in [0.25, 0.3) is 0 Å². The molecular formula is C9H10N4O2S2. The van der Waals surface area contributed by atoms with Crippen molar-refractivity contribution >= 4 is 29.1 Å². The van der Waals surface area contributed by atoms with E-state index in [0.717, 1.165) is 4.90 Å². The van der Waals surface area contributed by atoms with Gasteiger partial charge in [-0.25, -0.2) is 4.79 Å². The molecule has 0 bridgehead atoms. The molecule has 17 heavy (non-hydrogen) atoms. The van der Waals surface area contributed by atoms with Gasteiger partial charge in [-0.15, -0.1) is 10.2 Å². The summed E-state index contributed by atoms with van der Waals surface area (Å²) >= 11 is 2.63. The molecule has 0 aliphatic rings. The van der Waals surface area contributed by atoms with Gasteiger partial charge < -0.3 is 4.74 Å². The van der Waals surface area contributed by atoms with E-state index in [1.54, 1.807) is 17.8 Å². The van der Waals surface area contributed by atoms with Crippen molar-refractivity contribution in [2.45, 2.75) is 16.2 Å². The quantitative estimate of drug-likeness (QED) is 0.786. The lowest BCUT2D eigenvalue weighted by Gasteiger charge is -1.94. The molecular weight excluding hydrogens is 260 g/mol. The fourth-order valence-electron chi connectivity index (χ4n) is 1.08. The van der Waals surface area contributed by atoms with Gasteiger partial charge in [0.05, 0.1) is 17.7 Å². The molecule has 8 heteroatoms. The number of nitrogens with zero attached hydrogens (tertiary/aromatic N) is 4. The molecule has 0 saturated heterocycles. The predicted molar refractivity (Wildman–Crippen MR) is 63.2 cm³/mol. The summed E-state index contributed by atoms with van der Waals surface area (Å²) in [6.45, 7) is 2.09. The third-order valence-corrected chi connectivity index (χ3v) is 3.64. The third kappa shape index (κ3) is 3.04. The molecule has 0 amide bonds. The Bertz CT molecular complexity index is 523. The normalized spacial score (nSPS) is 10.5. The average Bonchev–Trinajstić information content (AvgIpc) is 2.89. The minimum absolute atomic E-state index is 0.276. The van der Waals surface area contributed by atoms with Crippen molar-refractivity contribution in [3.05, 3.63) is 17.4 Å². The summed E-state index contributed by atoms with van der Waals surface area (Å²) in [5.41, 5.74) is 0. The minimum Gasteiger partial charge on any atom is -0.461 e. The highest BCUT2D eigenvalue weighted by Gasteiger charge is 2.14. The summed E-state index contributed by atoms with van der Waals surface area (Å²) in [4.78, 5) is 12.3. The Balaban J connectivity index is 2.06. The smallest absolute Gasteiger partial charge is 0.369 e. The molecule has 0 saturated carbocycles. The SMILES string of the molecule is CCOC(=O)c1nnc(Sc2cnn(C)c2)s1. The van der Waals surface area contributed by atoms with Gasteiger partial charge in [-0.05, 0) is 6.92 Å². The molecule has 2 aromatic heterocycles. The van der Waals surface area contributed by atoms with Crippen LogP contribution in [0, 0.1) is 0 Å². The fourth-order valence-corrected chi connectivity index (χ4v) is 2.83. The van der Waals surface area contributed by atoms with Gasteiger partial charge in [-0.1, -0.05) is 23.1 Å². The molecule has 0 N–H and O–H groups in total. The molecule has 6 nitrogen and oxygen atoms in total. The van der Waals surface area contributed by atoms with E-state index in [-0.39, 0.29) is 5.01 Å². The van der Waals surface area contributed by atoms with Crippen molar-refractivity contribution in [1.82, 2.24) is 20.0 Å². The Morgan fingerprint density at radius 3 is 3.06 bits per heavy atom. The lowest BCUT2D eigenvalue weighted by Crippen LogP contribution is -2.03. The van der Waals surface area contributed by atoms with Crippen LogP contribution in [0.4, 0.5) is 0 Å². The van der Waals surface area contributed by atoms with Gasteiger partial charge >= 0.3 is 5.97 Å². The summed E-state index contributed by atoms with van der Waals surface area (Å²) in [6.07, 6.45) is 3.60. The van der Waals surface area contributed by atoms with Crippen molar-refractivity contribution in [2.24, 2.45) is 7.05 Å². The molecule has 2 aromatic rings. The van der Waals surface area contributed by atoms with Gasteiger partial charge in [-0.3, -0.25) is 4.68 Å². The van der Waals surface area contributed by atoms with Crippen LogP contribution in [0.25, 0.3) is 0 Å². The van der Waals surface area contributed by atoms with Crippen LogP contribution in [0.15, 0.2) is 21.6 Å². The first kappa shape index (κ1) is 12.1. The maximum atomic E-state index is 11.4. The third-order valence-electron chi connectivity index (χ3n) is 1.74. The van der Waals surface area contributed by atoms with E-state index in [1.807, 2.05) is 13.2 Å². The molecule has 0 aromatic carbocycles. The molecule has 2 rings (SSSR count). The van der Waals surface area contributed by atoms with Crippen LogP contribution in [-0.4, -0.2) is 32.6 Å². The first-order valence-corrected chi connectivity index (χ1v) is 6.49. The summed E-state index contributed by atoms with van der Waals surface area (Å²) in [6, 6.07) is 0. The van der Waals surface area contributed by atoms with E-state index >= 15 is 0 Å². The van der Waals surface area contributed by atoms with Crippen molar-refractivity contribution in [3.8, 4) is 0 Å². The maximum Gasteiger partial charge on any atom is 0.369 e. The number of esters is 1. The number of aryl methyl sites for hydroxylation is 1. The first-order chi connectivity index (χ1) is 8.19. The number of carbonyl (C=O) groups is 1. The molecule has 0 unspecified atom stereocenters. The van der Waals surface area contributed by atoms with E-state index < -0.39 is 5.97 Å². The van der Waals surface area contributed by atoms with E-state index in [0.29, 0.717) is 10.9 Å². The zero-order valence-corrected chi connectivity index (χ0v) is 10.9. The first-order valence-electron chi connectivity index (χ1n) is 4.86. The van der Waals surface area contributed by atoms with Crippen LogP contribution in [0.2, 0.25) is 0 Å². The molecule has 0 atom stereocenters. The Kier molecular flexibility index (Phi) is 3.75. The van der Waals surface area contributed by atoms with Crippen LogP contribution in [0.3, 0.4) is 0 Å². The van der Waals surface area contributed by atoms with Gasteiger partial charge in [0.1, 0.15) is 0 Å². The summed E-state index contributed by atoms with van der Waals surface area (Å²) in [5.74, 6) is -0.428. The highest BCUT2D eigenvalue weighted by atomic mass is 32.2. The summed E-state index contributed by atoms with van der Waals surface area (Å²) < 4.78 is 7.24. The summed E-state index contributed by atoms with van der Waals surface area (Å²) in [5, 5.41) is 12.0. The van der Waals surface area contributed by atoms with Crippen molar-refractivity contribution in [3.63, 3.8) is 0 Å². The Morgan fingerprint density at radius 1 is 1.59 bits per heavy atom. The number of aromatic nitrogens is 4. The van der Waals surface area contributed by atoms with Crippen molar-refractivity contribution in [2.75, 3.05) is 6.61 Å². The zero-order chi connectivity index (χ0) is 12.3. The minimum atomic E-state index is -0.428. The highest BCUT2D eigenvalue weighted by molar-refractivity contribution is 8.01. The van der Waals surface area contributed by atoms with Crippen molar-refractivity contribution in [1.29, 1.82) is 0 Å². The molecule has 0 aliphatic carbocycles. The van der Waals surface area contributed by atoms with Crippen molar-refractivity contribution < 1.29 is 9.53 Å². The van der Waals surface area contributed by atoms with Gasteiger partial charge in [0, 0.05) is 13.2 Å². The second kappa shape index (κ2) is 5.28. The lowest BCUT2D eigenvalue weighted by molar-refractivity contribution is 0.0525. The lowest BCUT2D eigenvalue weighted by atomic mass is 10.7. The van der Waals surface area contributed by atoms with E-state index in [2.05, 4.69) is 15.3 Å². The second-order valence-electron chi connectivity index (χ2n) is 3.05. The molecule has 0 aliphatic heterocycles. The van der Waals surface area contributed by atoms with Crippen LogP contribution in [-0.2, 0) is 11.8 Å². The Morgan fingerprint density at radius 2 is 2.41 bits per heavy atom. The zero-order valence-electron chi connectivity index (χ0n) is 9.28. The second-order valence-corrected chi connectivity index (χ2v) is 5.34. The predicted octanol–water partition coefficient (Wildman–Crippen LogP) is 1.60. The van der Waals surface area contributed by atoms with Crippen LogP contribution < -0.4 is 0 Å². The summed E-state index contributed by atoms with van der Waals surface area (Å²) in [7, 11) is 1.84. The molecule has 2 heterocycles. The topological polar surface area (TPSA) is 69.9 Å². The van der Waals surface area contributed by atoms with E-state index in [9.17, 15) is 4.79 Å². The average molecular weight is 270 g/mol. The largest absolute Gasteiger partial charge is 0.461 e. The van der Waals surface area contributed by atoms with Crippen LogP contribution >= 0.6 is 23.1 Å².